The molecule has 6 heteroatoms. The van der Waals surface area contributed by atoms with Gasteiger partial charge in [-0.3, -0.25) is 4.79 Å². The summed E-state index contributed by atoms with van der Waals surface area (Å²) in [4.78, 5) is 25.3. The zero-order valence-electron chi connectivity index (χ0n) is 12.6. The van der Waals surface area contributed by atoms with Crippen LogP contribution < -0.4 is 11.1 Å². The third-order valence-electron chi connectivity index (χ3n) is 4.31. The smallest absolute Gasteiger partial charge is 0.312 e. The van der Waals surface area contributed by atoms with Crippen molar-refractivity contribution in [3.63, 3.8) is 0 Å². The third-order valence-corrected chi connectivity index (χ3v) is 4.31. The number of aliphatic hydroxyl groups excluding tert-OH is 1. The van der Waals surface area contributed by atoms with Gasteiger partial charge in [-0.2, -0.15) is 0 Å². The molecule has 3 atom stereocenters. The molecule has 3 amide bonds. The normalized spacial score (nSPS) is 21.1. The average molecular weight is 285 g/mol. The fraction of sp³-hybridized carbons (Fsp3) is 0.857. The maximum atomic E-state index is 12.5. The molecule has 1 aliphatic rings. The number of likely N-dealkylation sites (tertiary alicyclic amines) is 1. The van der Waals surface area contributed by atoms with Gasteiger partial charge in [-0.05, 0) is 31.6 Å². The highest BCUT2D eigenvalue weighted by Crippen LogP contribution is 2.22. The van der Waals surface area contributed by atoms with Gasteiger partial charge in [0.05, 0.1) is 6.10 Å². The Kier molecular flexibility index (Phi) is 6.26. The number of rotatable bonds is 5. The lowest BCUT2D eigenvalue weighted by Crippen LogP contribution is -2.54. The minimum atomic E-state index is -0.664. The third kappa shape index (κ3) is 4.37. The van der Waals surface area contributed by atoms with E-state index in [0.29, 0.717) is 13.1 Å². The van der Waals surface area contributed by atoms with Crippen LogP contribution in [0.1, 0.15) is 40.0 Å². The van der Waals surface area contributed by atoms with Crippen molar-refractivity contribution in [1.29, 1.82) is 0 Å². The van der Waals surface area contributed by atoms with E-state index in [1.54, 1.807) is 11.8 Å². The van der Waals surface area contributed by atoms with Gasteiger partial charge < -0.3 is 21.1 Å². The molecule has 4 N–H and O–H groups in total. The Morgan fingerprint density at radius 2 is 1.90 bits per heavy atom. The van der Waals surface area contributed by atoms with Crippen LogP contribution in [0.2, 0.25) is 0 Å². The molecule has 0 aromatic heterocycles. The van der Waals surface area contributed by atoms with E-state index < -0.39 is 12.1 Å². The molecule has 0 aromatic carbocycles. The number of hydrogen-bond donors (Lipinski definition) is 3. The first-order valence-corrected chi connectivity index (χ1v) is 7.39. The molecule has 116 valence electrons. The topological polar surface area (TPSA) is 95.7 Å². The van der Waals surface area contributed by atoms with Crippen LogP contribution >= 0.6 is 0 Å². The second kappa shape index (κ2) is 7.47. The first-order valence-electron chi connectivity index (χ1n) is 7.39. The number of carbonyl (C=O) groups is 2. The van der Waals surface area contributed by atoms with Gasteiger partial charge in [0, 0.05) is 13.1 Å². The number of urea groups is 1. The number of piperidine rings is 1. The molecule has 0 spiro atoms. The number of nitrogens with one attached hydrogen (secondary N) is 1. The lowest BCUT2D eigenvalue weighted by Gasteiger charge is -2.36. The molecule has 1 rings (SSSR count). The summed E-state index contributed by atoms with van der Waals surface area (Å²) in [6, 6.07) is -1.22. The highest BCUT2D eigenvalue weighted by Gasteiger charge is 2.32. The Bertz CT molecular complexity index is 339. The number of nitrogens with two attached hydrogens (primary N) is 1. The number of carbonyl (C=O) groups excluding carboxylic acids is 2. The lowest BCUT2D eigenvalue weighted by atomic mass is 9.91. The minimum absolute atomic E-state index is 0.0458. The maximum absolute atomic E-state index is 12.5. The molecular formula is C14H27N3O3. The number of primary amides is 1. The Morgan fingerprint density at radius 1 is 1.35 bits per heavy atom. The zero-order valence-corrected chi connectivity index (χ0v) is 12.6. The summed E-state index contributed by atoms with van der Waals surface area (Å²) in [7, 11) is 0. The summed E-state index contributed by atoms with van der Waals surface area (Å²) in [6.07, 6.45) is 2.06. The van der Waals surface area contributed by atoms with E-state index in [9.17, 15) is 14.7 Å². The quantitative estimate of drug-likeness (QED) is 0.693. The van der Waals surface area contributed by atoms with Crippen LogP contribution in [0.25, 0.3) is 0 Å². The standard InChI is InChI=1S/C14H27N3O3/c1-4-9(2)12(16-14(15)20)13(19)17-7-5-11(6-8-17)10(3)18/h9-12,18H,4-8H2,1-3H3,(H3,15,16,20). The van der Waals surface area contributed by atoms with E-state index in [1.165, 1.54) is 0 Å². The van der Waals surface area contributed by atoms with Gasteiger partial charge in [-0.25, -0.2) is 4.79 Å². The highest BCUT2D eigenvalue weighted by atomic mass is 16.3. The molecule has 1 saturated heterocycles. The highest BCUT2D eigenvalue weighted by molar-refractivity contribution is 5.86. The molecule has 6 nitrogen and oxygen atoms in total. The van der Waals surface area contributed by atoms with Gasteiger partial charge in [0.1, 0.15) is 6.04 Å². The Balaban J connectivity index is 2.64. The van der Waals surface area contributed by atoms with Crippen molar-refractivity contribution in [2.24, 2.45) is 17.6 Å². The van der Waals surface area contributed by atoms with Gasteiger partial charge in [-0.1, -0.05) is 20.3 Å². The van der Waals surface area contributed by atoms with E-state index in [1.807, 2.05) is 13.8 Å². The molecule has 3 unspecified atom stereocenters. The summed E-state index contributed by atoms with van der Waals surface area (Å²) in [5.74, 6) is 0.233. The molecule has 0 radical (unpaired) electrons. The fourth-order valence-corrected chi connectivity index (χ4v) is 2.64. The Labute approximate surface area is 120 Å². The SMILES string of the molecule is CCC(C)C(NC(N)=O)C(=O)N1CCC(C(C)O)CC1. The number of amides is 3. The van der Waals surface area contributed by atoms with Gasteiger partial charge in [0.2, 0.25) is 5.91 Å². The van der Waals surface area contributed by atoms with Gasteiger partial charge in [0.15, 0.2) is 0 Å². The number of hydrogen-bond acceptors (Lipinski definition) is 3. The van der Waals surface area contributed by atoms with Crippen LogP contribution in [-0.4, -0.2) is 47.2 Å². The summed E-state index contributed by atoms with van der Waals surface area (Å²) >= 11 is 0. The maximum Gasteiger partial charge on any atom is 0.312 e. The van der Waals surface area contributed by atoms with Crippen LogP contribution in [0, 0.1) is 11.8 Å². The molecule has 1 aliphatic heterocycles. The van der Waals surface area contributed by atoms with Crippen LogP contribution in [0.3, 0.4) is 0 Å². The molecule has 20 heavy (non-hydrogen) atoms. The van der Waals surface area contributed by atoms with Gasteiger partial charge in [0.25, 0.3) is 0 Å². The molecular weight excluding hydrogens is 258 g/mol. The first-order chi connectivity index (χ1) is 9.36. The van der Waals surface area contributed by atoms with Crippen LogP contribution in [0.5, 0.6) is 0 Å². The second-order valence-corrected chi connectivity index (χ2v) is 5.78. The van der Waals surface area contributed by atoms with E-state index >= 15 is 0 Å². The Hall–Kier alpha value is -1.30. The van der Waals surface area contributed by atoms with Crippen LogP contribution in [-0.2, 0) is 4.79 Å². The Morgan fingerprint density at radius 3 is 2.30 bits per heavy atom. The second-order valence-electron chi connectivity index (χ2n) is 5.78. The lowest BCUT2D eigenvalue weighted by molar-refractivity contribution is -0.136. The molecule has 0 saturated carbocycles. The summed E-state index contributed by atoms with van der Waals surface area (Å²) in [5, 5.41) is 12.1. The first kappa shape index (κ1) is 16.8. The summed E-state index contributed by atoms with van der Waals surface area (Å²) in [5.41, 5.74) is 5.16. The monoisotopic (exact) mass is 285 g/mol. The predicted octanol–water partition coefficient (Wildman–Crippen LogP) is 0.689. The average Bonchev–Trinajstić information content (AvgIpc) is 2.43. The zero-order chi connectivity index (χ0) is 15.3. The largest absolute Gasteiger partial charge is 0.393 e. The van der Waals surface area contributed by atoms with Crippen molar-refractivity contribution in [3.8, 4) is 0 Å². The van der Waals surface area contributed by atoms with Crippen molar-refractivity contribution in [2.75, 3.05) is 13.1 Å². The minimum Gasteiger partial charge on any atom is -0.393 e. The fourth-order valence-electron chi connectivity index (χ4n) is 2.64. The van der Waals surface area contributed by atoms with Crippen LogP contribution in [0.4, 0.5) is 4.79 Å². The van der Waals surface area contributed by atoms with E-state index in [0.717, 1.165) is 19.3 Å². The molecule has 0 aromatic rings. The number of aliphatic hydroxyl groups is 1. The predicted molar refractivity (Wildman–Crippen MR) is 76.9 cm³/mol. The summed E-state index contributed by atoms with van der Waals surface area (Å²) in [6.45, 7) is 6.96. The molecule has 1 fully saturated rings. The number of nitrogens with zero attached hydrogens (tertiary/aromatic N) is 1. The van der Waals surface area contributed by atoms with Gasteiger partial charge in [-0.15, -0.1) is 0 Å². The van der Waals surface area contributed by atoms with Crippen molar-refractivity contribution in [3.05, 3.63) is 0 Å². The van der Waals surface area contributed by atoms with Crippen molar-refractivity contribution < 1.29 is 14.7 Å². The van der Waals surface area contributed by atoms with Gasteiger partial charge >= 0.3 is 6.03 Å². The molecule has 0 aliphatic carbocycles. The van der Waals surface area contributed by atoms with E-state index in [4.69, 9.17) is 5.73 Å². The van der Waals surface area contributed by atoms with E-state index in [2.05, 4.69) is 5.32 Å². The van der Waals surface area contributed by atoms with Crippen molar-refractivity contribution in [1.82, 2.24) is 10.2 Å². The van der Waals surface area contributed by atoms with Crippen LogP contribution in [0.15, 0.2) is 0 Å². The van der Waals surface area contributed by atoms with E-state index in [-0.39, 0.29) is 23.8 Å². The van der Waals surface area contributed by atoms with Crippen molar-refractivity contribution in [2.45, 2.75) is 52.2 Å². The van der Waals surface area contributed by atoms with Crippen molar-refractivity contribution >= 4 is 11.9 Å². The molecule has 0 bridgehead atoms. The molecule has 1 heterocycles. The summed E-state index contributed by atoms with van der Waals surface area (Å²) < 4.78 is 0.